The molecule has 4 unspecified atom stereocenters. The Kier molecular flexibility index (Phi) is 2.80. The molecule has 0 heterocycles. The molecule has 3 saturated carbocycles. The van der Waals surface area contributed by atoms with Crippen LogP contribution < -0.4 is 5.32 Å². The third-order valence-corrected chi connectivity index (χ3v) is 5.83. The number of fused-ring (bicyclic) bond motifs is 5. The fourth-order valence-electron chi connectivity index (χ4n) is 4.67. The number of hydrogen-bond acceptors (Lipinski definition) is 2. The average molecular weight is 306 g/mol. The van der Waals surface area contributed by atoms with Crippen molar-refractivity contribution in [3.05, 3.63) is 28.8 Å². The number of nitrogens with one attached hydrogen (secondary N) is 1. The van der Waals surface area contributed by atoms with Crippen LogP contribution in [0.1, 0.15) is 29.6 Å². The molecule has 2 N–H and O–H groups in total. The lowest BCUT2D eigenvalue weighted by atomic mass is 10.0. The Bertz CT molecular complexity index is 628. The molecule has 0 aromatic heterocycles. The normalized spacial score (nSPS) is 35.4. The van der Waals surface area contributed by atoms with Crippen LogP contribution in [0.15, 0.2) is 18.2 Å². The summed E-state index contributed by atoms with van der Waals surface area (Å²) in [6, 6.07) is 4.59. The minimum atomic E-state index is -1.09. The smallest absolute Gasteiger partial charge is 0.337 e. The molecule has 4 nitrogen and oxygen atoms in total. The first-order chi connectivity index (χ1) is 10.1. The molecule has 21 heavy (non-hydrogen) atoms. The SMILES string of the molecule is O=C(O)c1cc(NC(=O)C2C3C4CCC(C4)C23)ccc1Cl. The van der Waals surface area contributed by atoms with Gasteiger partial charge in [0.25, 0.3) is 0 Å². The Labute approximate surface area is 127 Å². The van der Waals surface area contributed by atoms with Gasteiger partial charge in [-0.1, -0.05) is 11.6 Å². The number of carboxylic acid groups (broad SMARTS) is 1. The van der Waals surface area contributed by atoms with Gasteiger partial charge in [0.2, 0.25) is 5.91 Å². The molecule has 0 radical (unpaired) electrons. The number of carbonyl (C=O) groups excluding carboxylic acids is 1. The van der Waals surface area contributed by atoms with Gasteiger partial charge in [-0.05, 0) is 61.1 Å². The lowest BCUT2D eigenvalue weighted by molar-refractivity contribution is -0.118. The zero-order chi connectivity index (χ0) is 14.7. The van der Waals surface area contributed by atoms with Crippen LogP contribution in [0.2, 0.25) is 5.02 Å². The van der Waals surface area contributed by atoms with Gasteiger partial charge in [-0.25, -0.2) is 4.79 Å². The molecule has 5 heteroatoms. The Morgan fingerprint density at radius 3 is 2.48 bits per heavy atom. The maximum absolute atomic E-state index is 12.4. The van der Waals surface area contributed by atoms with E-state index in [1.54, 1.807) is 6.07 Å². The van der Waals surface area contributed by atoms with Crippen LogP contribution in [0, 0.1) is 29.6 Å². The molecule has 3 aliphatic carbocycles. The van der Waals surface area contributed by atoms with Gasteiger partial charge in [-0.2, -0.15) is 0 Å². The second-order valence-corrected chi connectivity index (χ2v) is 6.91. The summed E-state index contributed by atoms with van der Waals surface area (Å²) >= 11 is 5.83. The molecular formula is C16H16ClNO3. The summed E-state index contributed by atoms with van der Waals surface area (Å²) in [5.41, 5.74) is 0.532. The first-order valence-electron chi connectivity index (χ1n) is 7.40. The van der Waals surface area contributed by atoms with Crippen LogP contribution >= 0.6 is 11.6 Å². The number of rotatable bonds is 3. The quantitative estimate of drug-likeness (QED) is 0.900. The zero-order valence-electron chi connectivity index (χ0n) is 11.4. The number of hydrogen-bond donors (Lipinski definition) is 2. The lowest BCUT2D eigenvalue weighted by Gasteiger charge is -2.10. The van der Waals surface area contributed by atoms with Crippen LogP contribution in [0.3, 0.4) is 0 Å². The van der Waals surface area contributed by atoms with Crippen LogP contribution in [-0.4, -0.2) is 17.0 Å². The number of carboxylic acids is 1. The average Bonchev–Trinajstić information content (AvgIpc) is 2.90. The number of benzene rings is 1. The van der Waals surface area contributed by atoms with Crippen molar-refractivity contribution in [2.75, 3.05) is 5.32 Å². The van der Waals surface area contributed by atoms with E-state index in [1.165, 1.54) is 31.4 Å². The molecule has 2 bridgehead atoms. The first-order valence-corrected chi connectivity index (χ1v) is 7.78. The van der Waals surface area contributed by atoms with Crippen molar-refractivity contribution < 1.29 is 14.7 Å². The molecular weight excluding hydrogens is 290 g/mol. The fourth-order valence-corrected chi connectivity index (χ4v) is 4.87. The number of aromatic carboxylic acids is 1. The summed E-state index contributed by atoms with van der Waals surface area (Å²) in [4.78, 5) is 23.4. The molecule has 1 amide bonds. The minimum Gasteiger partial charge on any atom is -0.478 e. The lowest BCUT2D eigenvalue weighted by Crippen LogP contribution is -2.18. The van der Waals surface area contributed by atoms with Crippen LogP contribution in [0.25, 0.3) is 0 Å². The largest absolute Gasteiger partial charge is 0.478 e. The number of amides is 1. The Morgan fingerprint density at radius 1 is 1.19 bits per heavy atom. The third kappa shape index (κ3) is 1.96. The van der Waals surface area contributed by atoms with Crippen LogP contribution in [-0.2, 0) is 4.79 Å². The van der Waals surface area contributed by atoms with Crippen LogP contribution in [0.5, 0.6) is 0 Å². The maximum Gasteiger partial charge on any atom is 0.337 e. The van der Waals surface area contributed by atoms with Crippen molar-refractivity contribution in [3.63, 3.8) is 0 Å². The highest BCUT2D eigenvalue weighted by atomic mass is 35.5. The van der Waals surface area contributed by atoms with Crippen molar-refractivity contribution in [2.24, 2.45) is 29.6 Å². The number of carbonyl (C=O) groups is 2. The predicted octanol–water partition coefficient (Wildman–Crippen LogP) is 3.27. The summed E-state index contributed by atoms with van der Waals surface area (Å²) in [6.07, 6.45) is 3.86. The van der Waals surface area contributed by atoms with Crippen molar-refractivity contribution in [3.8, 4) is 0 Å². The molecule has 0 aliphatic heterocycles. The van der Waals surface area contributed by atoms with E-state index >= 15 is 0 Å². The van der Waals surface area contributed by atoms with E-state index in [0.717, 1.165) is 11.8 Å². The first kappa shape index (κ1) is 13.1. The maximum atomic E-state index is 12.4. The van der Waals surface area contributed by atoms with Gasteiger partial charge in [-0.3, -0.25) is 4.79 Å². The monoisotopic (exact) mass is 305 g/mol. The molecule has 0 saturated heterocycles. The van der Waals surface area contributed by atoms with Gasteiger partial charge >= 0.3 is 5.97 Å². The van der Waals surface area contributed by atoms with Crippen molar-refractivity contribution in [2.45, 2.75) is 19.3 Å². The Hall–Kier alpha value is -1.55. The van der Waals surface area contributed by atoms with E-state index in [1.807, 2.05) is 0 Å². The number of anilines is 1. The fraction of sp³-hybridized carbons (Fsp3) is 0.500. The van der Waals surface area contributed by atoms with E-state index in [4.69, 9.17) is 16.7 Å². The molecule has 1 aromatic carbocycles. The van der Waals surface area contributed by atoms with Crippen molar-refractivity contribution in [1.82, 2.24) is 0 Å². The summed E-state index contributed by atoms with van der Waals surface area (Å²) in [6.45, 7) is 0. The Morgan fingerprint density at radius 2 is 1.86 bits per heavy atom. The van der Waals surface area contributed by atoms with E-state index < -0.39 is 5.97 Å². The standard InChI is InChI=1S/C16H16ClNO3/c17-11-4-3-9(6-10(11)16(20)21)18-15(19)14-12-7-1-2-8(5-7)13(12)14/h3-4,6-8,12-14H,1-2,5H2,(H,18,19)(H,20,21). The topological polar surface area (TPSA) is 66.4 Å². The molecule has 1 aromatic rings. The summed E-state index contributed by atoms with van der Waals surface area (Å²) < 4.78 is 0. The third-order valence-electron chi connectivity index (χ3n) is 5.50. The van der Waals surface area contributed by atoms with Gasteiger partial charge < -0.3 is 10.4 Å². The van der Waals surface area contributed by atoms with Gasteiger partial charge in [0.05, 0.1) is 10.6 Å². The molecule has 4 rings (SSSR count). The van der Waals surface area contributed by atoms with Crippen molar-refractivity contribution in [1.29, 1.82) is 0 Å². The van der Waals surface area contributed by atoms with E-state index in [-0.39, 0.29) is 22.4 Å². The molecule has 4 atom stereocenters. The van der Waals surface area contributed by atoms with E-state index in [0.29, 0.717) is 17.5 Å². The Balaban J connectivity index is 1.49. The van der Waals surface area contributed by atoms with E-state index in [9.17, 15) is 9.59 Å². The second kappa shape index (κ2) is 4.47. The molecule has 3 aliphatic rings. The van der Waals surface area contributed by atoms with Gasteiger partial charge in [0.15, 0.2) is 0 Å². The highest BCUT2D eigenvalue weighted by molar-refractivity contribution is 6.33. The van der Waals surface area contributed by atoms with Gasteiger partial charge in [0.1, 0.15) is 0 Å². The molecule has 3 fully saturated rings. The number of halogens is 1. The summed E-state index contributed by atoms with van der Waals surface area (Å²) in [5, 5.41) is 12.1. The molecule has 0 spiro atoms. The molecule has 110 valence electrons. The predicted molar refractivity (Wildman–Crippen MR) is 78.3 cm³/mol. The summed E-state index contributed by atoms with van der Waals surface area (Å²) in [5.74, 6) is 1.74. The minimum absolute atomic E-state index is 0.0190. The van der Waals surface area contributed by atoms with E-state index in [2.05, 4.69) is 5.32 Å². The zero-order valence-corrected chi connectivity index (χ0v) is 12.1. The highest BCUT2D eigenvalue weighted by Crippen LogP contribution is 2.69. The second-order valence-electron chi connectivity index (χ2n) is 6.50. The summed E-state index contributed by atoms with van der Waals surface area (Å²) in [7, 11) is 0. The van der Waals surface area contributed by atoms with Gasteiger partial charge in [-0.15, -0.1) is 0 Å². The van der Waals surface area contributed by atoms with Crippen LogP contribution in [0.4, 0.5) is 5.69 Å². The highest BCUT2D eigenvalue weighted by Gasteiger charge is 2.67. The van der Waals surface area contributed by atoms with Gasteiger partial charge in [0, 0.05) is 11.6 Å². The van der Waals surface area contributed by atoms with Crippen molar-refractivity contribution >= 4 is 29.2 Å².